The summed E-state index contributed by atoms with van der Waals surface area (Å²) in [4.78, 5) is 0. The maximum atomic E-state index is 4.54. The van der Waals surface area contributed by atoms with Crippen LogP contribution in [0.25, 0.3) is 11.1 Å². The van der Waals surface area contributed by atoms with E-state index in [0.29, 0.717) is 5.92 Å². The minimum Gasteiger partial charge on any atom is -0.0622 e. The van der Waals surface area contributed by atoms with Crippen LogP contribution in [-0.4, -0.2) is 13.4 Å². The summed E-state index contributed by atoms with van der Waals surface area (Å²) in [7, 11) is -0.333. The Morgan fingerprint density at radius 3 is 1.42 bits per heavy atom. The van der Waals surface area contributed by atoms with Crippen molar-refractivity contribution in [1.29, 1.82) is 0 Å². The Hall–Kier alpha value is -1.97. The molecule has 1 fully saturated rings. The summed E-state index contributed by atoms with van der Waals surface area (Å²) in [6, 6.07) is 33.1. The van der Waals surface area contributed by atoms with Gasteiger partial charge in [-0.25, -0.2) is 0 Å². The predicted molar refractivity (Wildman–Crippen MR) is 190 cm³/mol. The van der Waals surface area contributed by atoms with Crippen LogP contribution in [0.3, 0.4) is 0 Å². The van der Waals surface area contributed by atoms with Gasteiger partial charge in [-0.3, -0.25) is 0 Å². The third-order valence-corrected chi connectivity index (χ3v) is 24.1. The zero-order valence-corrected chi connectivity index (χ0v) is 30.8. The van der Waals surface area contributed by atoms with Crippen LogP contribution in [0.4, 0.5) is 0 Å². The Balaban J connectivity index is 0.000000292. The van der Waals surface area contributed by atoms with Crippen molar-refractivity contribution in [3.05, 3.63) is 112 Å². The SMILES string of the molecule is CC1=C(C)C(C)[C]([Ti]([CH3])([NH]C2CCCCCCCCCCC2)[SiH2]c2ccccc2)=C1C.c1ccc(-c2ccccc2)cc1. The fourth-order valence-electron chi connectivity index (χ4n) is 7.50. The van der Waals surface area contributed by atoms with Gasteiger partial charge in [-0.05, 0) is 11.1 Å². The number of rotatable bonds is 6. The summed E-state index contributed by atoms with van der Waals surface area (Å²) < 4.78 is 6.43. The Labute approximate surface area is 269 Å². The van der Waals surface area contributed by atoms with Crippen LogP contribution in [0.5, 0.6) is 0 Å². The molecule has 0 amide bonds. The fourth-order valence-corrected chi connectivity index (χ4v) is 24.5. The van der Waals surface area contributed by atoms with Crippen LogP contribution in [0.1, 0.15) is 98.3 Å². The van der Waals surface area contributed by atoms with Gasteiger partial charge in [-0.2, -0.15) is 0 Å². The van der Waals surface area contributed by atoms with Crippen LogP contribution in [0.2, 0.25) is 5.23 Å². The Morgan fingerprint density at radius 1 is 0.581 bits per heavy atom. The second kappa shape index (κ2) is 17.5. The van der Waals surface area contributed by atoms with Crippen molar-refractivity contribution < 1.29 is 16.1 Å². The topological polar surface area (TPSA) is 12.0 Å². The number of hydrogen-bond acceptors (Lipinski definition) is 1. The molecule has 0 aliphatic heterocycles. The van der Waals surface area contributed by atoms with Crippen molar-refractivity contribution in [2.45, 2.75) is 110 Å². The van der Waals surface area contributed by atoms with Gasteiger partial charge in [0.05, 0.1) is 0 Å². The molecule has 2 unspecified atom stereocenters. The van der Waals surface area contributed by atoms with Gasteiger partial charge in [0, 0.05) is 0 Å². The summed E-state index contributed by atoms with van der Waals surface area (Å²) in [6.45, 7) is 9.69. The van der Waals surface area contributed by atoms with E-state index < -0.39 is 16.1 Å². The molecular weight excluding hydrogens is 570 g/mol. The largest absolute Gasteiger partial charge is 0.0622 e. The minimum absolute atomic E-state index is 0.333. The van der Waals surface area contributed by atoms with E-state index in [2.05, 4.69) is 116 Å². The van der Waals surface area contributed by atoms with E-state index in [1.165, 1.54) is 81.8 Å². The third kappa shape index (κ3) is 10.0. The van der Waals surface area contributed by atoms with Crippen molar-refractivity contribution in [2.75, 3.05) is 0 Å². The first kappa shape index (κ1) is 33.9. The molecule has 2 aliphatic carbocycles. The first-order chi connectivity index (χ1) is 20.9. The van der Waals surface area contributed by atoms with Crippen molar-refractivity contribution >= 4 is 12.6 Å². The van der Waals surface area contributed by atoms with Gasteiger partial charge in [-0.15, -0.1) is 0 Å². The molecule has 43 heavy (non-hydrogen) atoms. The van der Waals surface area contributed by atoms with E-state index in [0.717, 1.165) is 6.04 Å². The van der Waals surface area contributed by atoms with Crippen molar-refractivity contribution in [3.8, 4) is 11.1 Å². The molecule has 0 bridgehead atoms. The zero-order valence-electron chi connectivity index (χ0n) is 27.8. The molecule has 3 aromatic rings. The molecule has 0 aromatic heterocycles. The Kier molecular flexibility index (Phi) is 13.8. The Bertz CT molecular complexity index is 1250. The number of benzene rings is 3. The maximum absolute atomic E-state index is 4.54. The standard InChI is InChI=1S/C12H24N.C12H10.C9H13.C6H7Si.CH3.Ti/c13-12-10-8-6-4-2-1-3-5-7-9-11-12;1-3-7-11(8-4-1)12-9-5-2-6-10-12;1-6-5-7(2)9(4)8(6)3;7-6-4-2-1-3-5-6;;/h12-13H,1-11H2;1-10H;6H,1-4H3;1-5H,7H2;1H3;/q-1;;;;;+1. The maximum Gasteiger partial charge on any atom is -0.0184 e. The Morgan fingerprint density at radius 2 is 1.00 bits per heavy atom. The van der Waals surface area contributed by atoms with E-state index in [-0.39, 0.29) is 7.39 Å². The van der Waals surface area contributed by atoms with E-state index in [9.17, 15) is 0 Å². The van der Waals surface area contributed by atoms with Crippen LogP contribution >= 0.6 is 0 Å². The molecule has 5 rings (SSSR count). The van der Waals surface area contributed by atoms with Crippen molar-refractivity contribution in [3.63, 3.8) is 0 Å². The fraction of sp³-hybridized carbons (Fsp3) is 0.450. The van der Waals surface area contributed by atoms with E-state index in [4.69, 9.17) is 0 Å². The van der Waals surface area contributed by atoms with Gasteiger partial charge in [0.25, 0.3) is 0 Å². The van der Waals surface area contributed by atoms with Crippen LogP contribution < -0.4 is 8.99 Å². The average molecular weight is 628 g/mol. The summed E-state index contributed by atoms with van der Waals surface area (Å²) in [5, 5.41) is 4.41. The first-order valence-electron chi connectivity index (χ1n) is 17.2. The van der Waals surface area contributed by atoms with E-state index in [1.807, 2.05) is 16.0 Å². The molecule has 1 nitrogen and oxygen atoms in total. The van der Waals surface area contributed by atoms with Gasteiger partial charge >= 0.3 is 199 Å². The molecule has 2 atom stereocenters. The minimum atomic E-state index is -2.37. The van der Waals surface area contributed by atoms with Gasteiger partial charge in [0.15, 0.2) is 0 Å². The second-order valence-electron chi connectivity index (χ2n) is 13.4. The molecule has 0 saturated heterocycles. The summed E-state index contributed by atoms with van der Waals surface area (Å²) in [6.07, 6.45) is 15.8. The van der Waals surface area contributed by atoms with Crippen LogP contribution in [-0.2, 0) is 16.1 Å². The van der Waals surface area contributed by atoms with E-state index in [1.54, 1.807) is 21.9 Å². The molecule has 230 valence electrons. The van der Waals surface area contributed by atoms with Crippen molar-refractivity contribution in [1.82, 2.24) is 3.80 Å². The molecule has 0 heterocycles. The van der Waals surface area contributed by atoms with Gasteiger partial charge in [0.1, 0.15) is 0 Å². The molecule has 1 saturated carbocycles. The molecule has 0 spiro atoms. The number of hydrogen-bond donors (Lipinski definition) is 1. The quantitative estimate of drug-likeness (QED) is 0.268. The summed E-state index contributed by atoms with van der Waals surface area (Å²) in [5.41, 5.74) is 7.42. The predicted octanol–water partition coefficient (Wildman–Crippen LogP) is 10.4. The first-order valence-corrected chi connectivity index (χ1v) is 25.0. The van der Waals surface area contributed by atoms with Gasteiger partial charge in [0.2, 0.25) is 0 Å². The molecule has 3 heteroatoms. The van der Waals surface area contributed by atoms with E-state index >= 15 is 0 Å². The zero-order chi connectivity index (χ0) is 30.5. The third-order valence-electron chi connectivity index (χ3n) is 10.1. The smallest absolute Gasteiger partial charge is 0.0184 e. The number of allylic oxidation sites excluding steroid dienone is 4. The number of nitrogens with one attached hydrogen (secondary N) is 1. The van der Waals surface area contributed by atoms with Crippen LogP contribution in [0.15, 0.2) is 112 Å². The van der Waals surface area contributed by atoms with Crippen molar-refractivity contribution in [2.24, 2.45) is 5.92 Å². The second-order valence-corrected chi connectivity index (χ2v) is 27.5. The summed E-state index contributed by atoms with van der Waals surface area (Å²) in [5.74, 6) is 0.653. The average Bonchev–Trinajstić information content (AvgIpc) is 3.22. The van der Waals surface area contributed by atoms with Gasteiger partial charge < -0.3 is 0 Å². The normalized spacial score (nSPS) is 20.7. The molecular formula is C40H57NSiTi. The molecule has 0 radical (unpaired) electrons. The molecule has 1 N–H and O–H groups in total. The monoisotopic (exact) mass is 627 g/mol. The van der Waals surface area contributed by atoms with Crippen LogP contribution in [0, 0.1) is 5.92 Å². The van der Waals surface area contributed by atoms with Gasteiger partial charge in [-0.1, -0.05) is 60.7 Å². The summed E-state index contributed by atoms with van der Waals surface area (Å²) >= 11 is -2.37. The molecule has 2 aliphatic rings. The molecule has 3 aromatic carbocycles.